The van der Waals surface area contributed by atoms with E-state index in [4.69, 9.17) is 0 Å². The lowest BCUT2D eigenvalue weighted by atomic mass is 9.68. The number of hydrogen-bond acceptors (Lipinski definition) is 1. The molecule has 1 saturated carbocycles. The van der Waals surface area contributed by atoms with E-state index in [-0.39, 0.29) is 28.8 Å². The molecule has 1 aliphatic carbocycles. The van der Waals surface area contributed by atoms with Crippen LogP contribution in [-0.2, 0) is 4.79 Å². The molecule has 0 aromatic heterocycles. The van der Waals surface area contributed by atoms with Crippen molar-refractivity contribution >= 4 is 17.9 Å². The van der Waals surface area contributed by atoms with Gasteiger partial charge < -0.3 is 0 Å². The number of carbonyl (C=O) groups is 1. The number of Topliss-reactive ketones (excluding diaryl/α,β-unsaturated/α-hetero) is 1. The van der Waals surface area contributed by atoms with Gasteiger partial charge in [0.25, 0.3) is 0 Å². The summed E-state index contributed by atoms with van der Waals surface area (Å²) >= 11 is 0. The van der Waals surface area contributed by atoms with Gasteiger partial charge in [-0.3, -0.25) is 4.79 Å². The summed E-state index contributed by atoms with van der Waals surface area (Å²) in [7, 11) is 0. The Kier molecular flexibility index (Phi) is 5.41. The largest absolute Gasteiger partial charge is 0.289 e. The van der Waals surface area contributed by atoms with Crippen molar-refractivity contribution < 1.29 is 13.6 Å². The zero-order valence-corrected chi connectivity index (χ0v) is 15.9. The molecule has 1 fully saturated rings. The third kappa shape index (κ3) is 4.41. The molecule has 0 heterocycles. The summed E-state index contributed by atoms with van der Waals surface area (Å²) < 4.78 is 28.2. The molecule has 0 unspecified atom stereocenters. The van der Waals surface area contributed by atoms with Crippen LogP contribution in [0.3, 0.4) is 0 Å². The summed E-state index contributed by atoms with van der Waals surface area (Å²) in [4.78, 5) is 13.0. The van der Waals surface area contributed by atoms with E-state index >= 15 is 0 Å². The molecule has 0 radical (unpaired) electrons. The second-order valence-corrected chi connectivity index (χ2v) is 8.18. The van der Waals surface area contributed by atoms with E-state index in [1.54, 1.807) is 48.6 Å². The Labute approximate surface area is 159 Å². The lowest BCUT2D eigenvalue weighted by molar-refractivity contribution is -0.113. The van der Waals surface area contributed by atoms with Crippen LogP contribution in [0, 0.1) is 23.0 Å². The van der Waals surface area contributed by atoms with Gasteiger partial charge in [-0.2, -0.15) is 0 Å². The van der Waals surface area contributed by atoms with Crippen molar-refractivity contribution in [2.45, 2.75) is 33.6 Å². The molecule has 0 aliphatic heterocycles. The highest BCUT2D eigenvalue weighted by Gasteiger charge is 2.34. The van der Waals surface area contributed by atoms with Gasteiger partial charge in [-0.1, -0.05) is 57.2 Å². The number of hydrogen-bond donors (Lipinski definition) is 0. The molecule has 3 rings (SSSR count). The highest BCUT2D eigenvalue weighted by molar-refractivity contribution is 6.14. The minimum Gasteiger partial charge on any atom is -0.289 e. The molecule has 2 aromatic rings. The van der Waals surface area contributed by atoms with Gasteiger partial charge in [0.15, 0.2) is 5.78 Å². The average Bonchev–Trinajstić information content (AvgIpc) is 2.61. The Morgan fingerprint density at radius 1 is 0.815 bits per heavy atom. The number of ketones is 1. The van der Waals surface area contributed by atoms with Gasteiger partial charge in [0.05, 0.1) is 0 Å². The number of rotatable bonds is 2. The SMILES string of the molecule is CC(C)(C)C1C/C(=C\c2ccccc2F)C(=O)/C(=C/c2ccccc2F)C1. The zero-order valence-electron chi connectivity index (χ0n) is 15.9. The minimum absolute atomic E-state index is 0.0245. The van der Waals surface area contributed by atoms with Crippen LogP contribution in [0.25, 0.3) is 12.2 Å². The number of halogens is 2. The first-order valence-electron chi connectivity index (χ1n) is 9.20. The minimum atomic E-state index is -0.352. The van der Waals surface area contributed by atoms with Gasteiger partial charge in [0, 0.05) is 22.3 Å². The van der Waals surface area contributed by atoms with Gasteiger partial charge in [0.2, 0.25) is 0 Å². The van der Waals surface area contributed by atoms with Crippen molar-refractivity contribution in [1.29, 1.82) is 0 Å². The summed E-state index contributed by atoms with van der Waals surface area (Å²) in [5, 5.41) is 0. The van der Waals surface area contributed by atoms with Crippen molar-refractivity contribution in [1.82, 2.24) is 0 Å². The maximum Gasteiger partial charge on any atom is 0.185 e. The van der Waals surface area contributed by atoms with Crippen molar-refractivity contribution in [3.05, 3.63) is 82.4 Å². The Bertz CT molecular complexity index is 848. The molecule has 0 saturated heterocycles. The summed E-state index contributed by atoms with van der Waals surface area (Å²) in [6.07, 6.45) is 4.46. The second-order valence-electron chi connectivity index (χ2n) is 8.18. The van der Waals surface area contributed by atoms with Crippen LogP contribution in [0.1, 0.15) is 44.7 Å². The molecular weight excluding hydrogens is 342 g/mol. The van der Waals surface area contributed by atoms with E-state index in [0.29, 0.717) is 35.1 Å². The fourth-order valence-corrected chi connectivity index (χ4v) is 3.42. The summed E-state index contributed by atoms with van der Waals surface area (Å²) in [5.41, 5.74) is 1.94. The van der Waals surface area contributed by atoms with Crippen molar-refractivity contribution in [3.8, 4) is 0 Å². The quantitative estimate of drug-likeness (QED) is 0.558. The maximum absolute atomic E-state index is 14.1. The van der Waals surface area contributed by atoms with E-state index in [0.717, 1.165) is 0 Å². The molecule has 27 heavy (non-hydrogen) atoms. The highest BCUT2D eigenvalue weighted by atomic mass is 19.1. The van der Waals surface area contributed by atoms with Crippen LogP contribution in [0.15, 0.2) is 59.7 Å². The topological polar surface area (TPSA) is 17.1 Å². The van der Waals surface area contributed by atoms with E-state index in [1.807, 2.05) is 0 Å². The number of benzene rings is 2. The predicted octanol–water partition coefficient (Wildman–Crippen LogP) is 6.46. The normalized spacial score (nSPS) is 21.1. The zero-order chi connectivity index (χ0) is 19.6. The van der Waals surface area contributed by atoms with Crippen LogP contribution in [0.5, 0.6) is 0 Å². The van der Waals surface area contributed by atoms with Crippen LogP contribution in [0.2, 0.25) is 0 Å². The monoisotopic (exact) mass is 366 g/mol. The standard InChI is InChI=1S/C24H24F2O/c1-24(2,3)20-14-18(12-16-8-4-6-10-21(16)25)23(27)19(15-20)13-17-9-5-7-11-22(17)26/h4-13,20H,14-15H2,1-3H3/b18-12+,19-13+. The van der Waals surface area contributed by atoms with Crippen molar-refractivity contribution in [2.75, 3.05) is 0 Å². The van der Waals surface area contributed by atoms with Gasteiger partial charge in [0.1, 0.15) is 11.6 Å². The summed E-state index contributed by atoms with van der Waals surface area (Å²) in [5.74, 6) is -0.612. The molecule has 0 spiro atoms. The van der Waals surface area contributed by atoms with Crippen LogP contribution in [-0.4, -0.2) is 5.78 Å². The summed E-state index contributed by atoms with van der Waals surface area (Å²) in [6.45, 7) is 6.40. The third-order valence-electron chi connectivity index (χ3n) is 5.21. The van der Waals surface area contributed by atoms with Crippen LogP contribution >= 0.6 is 0 Å². The van der Waals surface area contributed by atoms with Crippen LogP contribution < -0.4 is 0 Å². The Balaban J connectivity index is 2.05. The first kappa shape index (κ1) is 19.2. The maximum atomic E-state index is 14.1. The fourth-order valence-electron chi connectivity index (χ4n) is 3.42. The van der Waals surface area contributed by atoms with Crippen LogP contribution in [0.4, 0.5) is 8.78 Å². The van der Waals surface area contributed by atoms with Gasteiger partial charge in [-0.05, 0) is 48.5 Å². The molecule has 0 N–H and O–H groups in total. The highest BCUT2D eigenvalue weighted by Crippen LogP contribution is 2.42. The molecule has 0 atom stereocenters. The molecular formula is C24H24F2O. The molecule has 140 valence electrons. The molecule has 2 aromatic carbocycles. The van der Waals surface area contributed by atoms with E-state index < -0.39 is 0 Å². The Morgan fingerprint density at radius 2 is 1.22 bits per heavy atom. The number of carbonyl (C=O) groups excluding carboxylic acids is 1. The first-order valence-corrected chi connectivity index (χ1v) is 9.20. The second kappa shape index (κ2) is 7.59. The number of allylic oxidation sites excluding steroid dienone is 2. The summed E-state index contributed by atoms with van der Waals surface area (Å²) in [6, 6.07) is 12.9. The van der Waals surface area contributed by atoms with E-state index in [1.165, 1.54) is 12.1 Å². The predicted molar refractivity (Wildman–Crippen MR) is 106 cm³/mol. The average molecular weight is 366 g/mol. The molecule has 1 nitrogen and oxygen atoms in total. The van der Waals surface area contributed by atoms with Crippen molar-refractivity contribution in [3.63, 3.8) is 0 Å². The molecule has 0 amide bonds. The van der Waals surface area contributed by atoms with Gasteiger partial charge >= 0.3 is 0 Å². The molecule has 3 heteroatoms. The van der Waals surface area contributed by atoms with Gasteiger partial charge in [-0.25, -0.2) is 8.78 Å². The Hall–Kier alpha value is -2.55. The van der Waals surface area contributed by atoms with Gasteiger partial charge in [-0.15, -0.1) is 0 Å². The smallest absolute Gasteiger partial charge is 0.185 e. The van der Waals surface area contributed by atoms with E-state index in [9.17, 15) is 13.6 Å². The molecule has 0 bridgehead atoms. The third-order valence-corrected chi connectivity index (χ3v) is 5.21. The van der Waals surface area contributed by atoms with Crippen molar-refractivity contribution in [2.24, 2.45) is 11.3 Å². The first-order chi connectivity index (χ1) is 12.8. The molecule has 1 aliphatic rings. The Morgan fingerprint density at radius 3 is 1.59 bits per heavy atom. The lowest BCUT2D eigenvalue weighted by Crippen LogP contribution is -2.29. The fraction of sp³-hybridized carbons (Fsp3) is 0.292. The van der Waals surface area contributed by atoms with E-state index in [2.05, 4.69) is 20.8 Å². The lowest BCUT2D eigenvalue weighted by Gasteiger charge is -2.35.